The molecule has 0 unspecified atom stereocenters. The van der Waals surface area contributed by atoms with Crippen molar-refractivity contribution in [3.8, 4) is 44.5 Å². The minimum absolute atomic E-state index is 0.375. The number of nitrogens with zero attached hydrogens (tertiary/aromatic N) is 2. The second kappa shape index (κ2) is 17.4. The Morgan fingerprint density at radius 3 is 1.53 bits per heavy atom. The summed E-state index contributed by atoms with van der Waals surface area (Å²) in [7, 11) is 0. The monoisotopic (exact) mass is 946 g/mol. The maximum absolute atomic E-state index is 6.73. The summed E-state index contributed by atoms with van der Waals surface area (Å²) in [5.74, 6) is 0. The minimum Gasteiger partial charge on any atom is -0.454 e. The van der Waals surface area contributed by atoms with E-state index in [1.807, 2.05) is 6.07 Å². The van der Waals surface area contributed by atoms with E-state index in [1.54, 1.807) is 0 Å². The molecular weight excluding hydrogens is 897 g/mol. The van der Waals surface area contributed by atoms with E-state index in [0.29, 0.717) is 0 Å². The van der Waals surface area contributed by atoms with Gasteiger partial charge in [0.15, 0.2) is 5.58 Å². The first-order valence-electron chi connectivity index (χ1n) is 25.6. The fourth-order valence-electron chi connectivity index (χ4n) is 12.0. The number of hydrogen-bond donors (Lipinski definition) is 0. The molecular formula is C71H50N2O. The zero-order chi connectivity index (χ0) is 49.3. The van der Waals surface area contributed by atoms with Crippen LogP contribution in [0.5, 0.6) is 0 Å². The third-order valence-electron chi connectivity index (χ3n) is 15.4. The quantitative estimate of drug-likeness (QED) is 0.134. The van der Waals surface area contributed by atoms with E-state index in [2.05, 4.69) is 285 Å². The van der Waals surface area contributed by atoms with Gasteiger partial charge >= 0.3 is 0 Å². The van der Waals surface area contributed by atoms with Crippen LogP contribution in [0, 0.1) is 0 Å². The van der Waals surface area contributed by atoms with Gasteiger partial charge in [-0.3, -0.25) is 0 Å². The highest BCUT2D eigenvalue weighted by atomic mass is 16.3. The topological polar surface area (TPSA) is 19.6 Å². The van der Waals surface area contributed by atoms with Gasteiger partial charge in [0.1, 0.15) is 5.58 Å². The molecule has 1 heterocycles. The molecule has 12 aromatic carbocycles. The van der Waals surface area contributed by atoms with Crippen molar-refractivity contribution in [3.05, 3.63) is 278 Å². The Labute approximate surface area is 431 Å². The summed E-state index contributed by atoms with van der Waals surface area (Å²) in [6.07, 6.45) is 0. The molecule has 0 aliphatic heterocycles. The molecule has 0 saturated heterocycles. The summed E-state index contributed by atoms with van der Waals surface area (Å²) in [4.78, 5) is 4.85. The molecule has 0 bridgehead atoms. The number of fused-ring (bicyclic) bond motifs is 7. The molecule has 14 rings (SSSR count). The first-order valence-corrected chi connectivity index (χ1v) is 25.6. The summed E-state index contributed by atoms with van der Waals surface area (Å²) in [5, 5.41) is 7.18. The Balaban J connectivity index is 1.03. The summed E-state index contributed by atoms with van der Waals surface area (Å²) in [6, 6.07) is 97.1. The van der Waals surface area contributed by atoms with Gasteiger partial charge in [-0.05, 0) is 127 Å². The van der Waals surface area contributed by atoms with Gasteiger partial charge in [-0.25, -0.2) is 0 Å². The van der Waals surface area contributed by atoms with Crippen LogP contribution < -0.4 is 9.80 Å². The number of anilines is 6. The SMILES string of the molecule is CC1(C)c2cc(N(c3ccccc3)c3cccc4c3oc3ccccc34)ccc2-c2c(-c3ccccc3)c3ccc(N(c4ccccc4-c4ccccc4)c4ccccc4-c4ccccc4)cc3c3cccc1c23. The normalized spacial score (nSPS) is 12.6. The Kier molecular flexibility index (Phi) is 10.2. The highest BCUT2D eigenvalue weighted by Gasteiger charge is 2.37. The van der Waals surface area contributed by atoms with E-state index < -0.39 is 0 Å². The first kappa shape index (κ1) is 43.4. The van der Waals surface area contributed by atoms with E-state index in [9.17, 15) is 0 Å². The van der Waals surface area contributed by atoms with Crippen molar-refractivity contribution >= 4 is 77.6 Å². The molecule has 3 heteroatoms. The predicted molar refractivity (Wildman–Crippen MR) is 312 cm³/mol. The Morgan fingerprint density at radius 1 is 0.311 bits per heavy atom. The summed E-state index contributed by atoms with van der Waals surface area (Å²) >= 11 is 0. The van der Waals surface area contributed by atoms with Crippen molar-refractivity contribution in [1.29, 1.82) is 0 Å². The lowest BCUT2D eigenvalue weighted by molar-refractivity contribution is 0.645. The highest BCUT2D eigenvalue weighted by molar-refractivity contribution is 6.24. The van der Waals surface area contributed by atoms with Crippen molar-refractivity contribution in [2.24, 2.45) is 0 Å². The van der Waals surface area contributed by atoms with Gasteiger partial charge in [0.2, 0.25) is 0 Å². The average Bonchev–Trinajstić information content (AvgIpc) is 3.86. The van der Waals surface area contributed by atoms with Crippen molar-refractivity contribution in [2.75, 3.05) is 9.80 Å². The second-order valence-electron chi connectivity index (χ2n) is 20.0. The van der Waals surface area contributed by atoms with Crippen LogP contribution in [0.3, 0.4) is 0 Å². The van der Waals surface area contributed by atoms with E-state index in [-0.39, 0.29) is 5.41 Å². The molecule has 0 amide bonds. The third-order valence-corrected chi connectivity index (χ3v) is 15.4. The molecule has 1 aliphatic rings. The van der Waals surface area contributed by atoms with Gasteiger partial charge in [0.05, 0.1) is 17.1 Å². The molecule has 0 spiro atoms. The van der Waals surface area contributed by atoms with Gasteiger partial charge in [-0.1, -0.05) is 220 Å². The first-order chi connectivity index (χ1) is 36.5. The van der Waals surface area contributed by atoms with Crippen LogP contribution in [0.4, 0.5) is 34.1 Å². The lowest BCUT2D eigenvalue weighted by Gasteiger charge is -2.38. The smallest absolute Gasteiger partial charge is 0.159 e. The van der Waals surface area contributed by atoms with Gasteiger partial charge in [-0.15, -0.1) is 0 Å². The fourth-order valence-corrected chi connectivity index (χ4v) is 12.0. The molecule has 0 atom stereocenters. The van der Waals surface area contributed by atoms with Gasteiger partial charge in [-0.2, -0.15) is 0 Å². The average molecular weight is 947 g/mol. The Morgan fingerprint density at radius 2 is 0.838 bits per heavy atom. The van der Waals surface area contributed by atoms with Gasteiger partial charge in [0.25, 0.3) is 0 Å². The van der Waals surface area contributed by atoms with Crippen molar-refractivity contribution in [3.63, 3.8) is 0 Å². The zero-order valence-corrected chi connectivity index (χ0v) is 41.2. The van der Waals surface area contributed by atoms with Crippen LogP contribution in [-0.2, 0) is 5.41 Å². The van der Waals surface area contributed by atoms with Crippen LogP contribution in [0.1, 0.15) is 25.0 Å². The van der Waals surface area contributed by atoms with Crippen LogP contribution >= 0.6 is 0 Å². The summed E-state index contributed by atoms with van der Waals surface area (Å²) in [5.41, 5.74) is 20.0. The maximum Gasteiger partial charge on any atom is 0.159 e. The zero-order valence-electron chi connectivity index (χ0n) is 41.2. The second-order valence-corrected chi connectivity index (χ2v) is 20.0. The molecule has 0 N–H and O–H groups in total. The molecule has 74 heavy (non-hydrogen) atoms. The molecule has 1 aromatic heterocycles. The highest BCUT2D eigenvalue weighted by Crippen LogP contribution is 2.57. The Bertz CT molecular complexity index is 4190. The van der Waals surface area contributed by atoms with E-state index >= 15 is 0 Å². The van der Waals surface area contributed by atoms with Crippen molar-refractivity contribution in [2.45, 2.75) is 19.3 Å². The van der Waals surface area contributed by atoms with Crippen LogP contribution in [-0.4, -0.2) is 0 Å². The standard InChI is InChI=1S/C71H50N2O/c1-71(2)61-36-21-34-56-60-45-51(73(63-37-18-15-31-53(63)47-23-7-3-8-24-47)64-38-19-16-32-54(64)48-25-9-4-10-26-48)41-43-57(60)67(49-27-11-5-12-28-49)69(68(56)61)59-44-42-52(46-62(59)71)72(50-29-13-6-14-30-50)65-39-22-35-58-55-33-17-20-40-66(55)74-70(58)65/h3-46H,1-2H3. The van der Waals surface area contributed by atoms with Crippen molar-refractivity contribution < 1.29 is 4.42 Å². The lowest BCUT2D eigenvalue weighted by Crippen LogP contribution is -2.24. The predicted octanol–water partition coefficient (Wildman–Crippen LogP) is 20.1. The minimum atomic E-state index is -0.375. The molecule has 0 saturated carbocycles. The largest absolute Gasteiger partial charge is 0.454 e. The molecule has 3 nitrogen and oxygen atoms in total. The van der Waals surface area contributed by atoms with E-state index in [4.69, 9.17) is 4.42 Å². The van der Waals surface area contributed by atoms with Crippen LogP contribution in [0.2, 0.25) is 0 Å². The third kappa shape index (κ3) is 6.89. The van der Waals surface area contributed by atoms with Crippen molar-refractivity contribution in [1.82, 2.24) is 0 Å². The van der Waals surface area contributed by atoms with Gasteiger partial charge < -0.3 is 14.2 Å². The maximum atomic E-state index is 6.73. The molecule has 0 radical (unpaired) electrons. The summed E-state index contributed by atoms with van der Waals surface area (Å²) in [6.45, 7) is 4.82. The van der Waals surface area contributed by atoms with Crippen LogP contribution in [0.15, 0.2) is 271 Å². The number of benzene rings is 12. The number of hydrogen-bond acceptors (Lipinski definition) is 3. The Hall–Kier alpha value is -9.44. The molecule has 13 aromatic rings. The van der Waals surface area contributed by atoms with Gasteiger partial charge in [0, 0.05) is 44.4 Å². The summed E-state index contributed by atoms with van der Waals surface area (Å²) < 4.78 is 6.73. The molecule has 350 valence electrons. The van der Waals surface area contributed by atoms with E-state index in [0.717, 1.165) is 67.2 Å². The number of rotatable bonds is 9. The fraction of sp³-hybridized carbons (Fsp3) is 0.0423. The molecule has 0 fully saturated rings. The van der Waals surface area contributed by atoms with Crippen LogP contribution in [0.25, 0.3) is 88.0 Å². The molecule has 1 aliphatic carbocycles. The van der Waals surface area contributed by atoms with E-state index in [1.165, 1.54) is 66.1 Å². The number of furan rings is 1. The number of para-hydroxylation sites is 5. The lowest BCUT2D eigenvalue weighted by atomic mass is 9.66.